The van der Waals surface area contributed by atoms with Crippen molar-refractivity contribution in [2.24, 2.45) is 0 Å². The van der Waals surface area contributed by atoms with Crippen LogP contribution in [0.3, 0.4) is 0 Å². The Morgan fingerprint density at radius 2 is 1.90 bits per heavy atom. The van der Waals surface area contributed by atoms with Crippen molar-refractivity contribution in [2.45, 2.75) is 39.2 Å². The number of hydrogen-bond acceptors (Lipinski definition) is 3. The predicted molar refractivity (Wildman–Crippen MR) is 120 cm³/mol. The van der Waals surface area contributed by atoms with Gasteiger partial charge < -0.3 is 14.6 Å². The van der Waals surface area contributed by atoms with E-state index < -0.39 is 0 Å². The molecule has 1 aliphatic heterocycles. The molecule has 2 heterocycles. The first kappa shape index (κ1) is 20.2. The third kappa shape index (κ3) is 4.57. The Morgan fingerprint density at radius 3 is 2.62 bits per heavy atom. The van der Waals surface area contributed by atoms with Gasteiger partial charge in [0.25, 0.3) is 0 Å². The second-order valence-electron chi connectivity index (χ2n) is 7.90. The number of carbonyl (C=O) groups is 1. The number of nitrogens with one attached hydrogen (secondary N) is 1. The first-order valence-corrected chi connectivity index (χ1v) is 11.1. The van der Waals surface area contributed by atoms with Gasteiger partial charge in [0.05, 0.1) is 5.56 Å². The number of esters is 1. The van der Waals surface area contributed by atoms with Crippen LogP contribution in [0, 0.1) is 6.92 Å². The number of carbonyl (C=O) groups excluding carboxylic acids is 1. The number of H-pyrrole nitrogens is 1. The van der Waals surface area contributed by atoms with Crippen LogP contribution in [-0.4, -0.2) is 35.5 Å². The number of aryl methyl sites for hydroxylation is 1. The number of halogens is 1. The van der Waals surface area contributed by atoms with Crippen molar-refractivity contribution >= 4 is 32.8 Å². The van der Waals surface area contributed by atoms with Crippen LogP contribution in [0.1, 0.15) is 53.0 Å². The van der Waals surface area contributed by atoms with Crippen LogP contribution in [0.4, 0.5) is 0 Å². The molecule has 5 heteroatoms. The molecule has 0 spiro atoms. The molecule has 1 unspecified atom stereocenters. The first-order chi connectivity index (χ1) is 14.0. The van der Waals surface area contributed by atoms with Crippen molar-refractivity contribution in [3.8, 4) is 0 Å². The lowest BCUT2D eigenvalue weighted by Crippen LogP contribution is -2.21. The fraction of sp³-hybridized carbons (Fsp3) is 0.375. The minimum absolute atomic E-state index is 0.277. The Balaban J connectivity index is 1.53. The fourth-order valence-electron chi connectivity index (χ4n) is 4.11. The molecule has 0 saturated carbocycles. The highest BCUT2D eigenvalue weighted by Crippen LogP contribution is 2.27. The molecule has 1 atom stereocenters. The molecule has 1 saturated heterocycles. The Hall–Kier alpha value is -2.11. The molecule has 4 rings (SSSR count). The van der Waals surface area contributed by atoms with E-state index in [9.17, 15) is 4.79 Å². The zero-order chi connectivity index (χ0) is 20.4. The van der Waals surface area contributed by atoms with Gasteiger partial charge in [-0.1, -0.05) is 34.1 Å². The highest BCUT2D eigenvalue weighted by molar-refractivity contribution is 9.10. The number of aromatic nitrogens is 1. The third-order valence-electron chi connectivity index (χ3n) is 5.79. The summed E-state index contributed by atoms with van der Waals surface area (Å²) in [6.07, 6.45) is 3.31. The monoisotopic (exact) mass is 454 g/mol. The Kier molecular flexibility index (Phi) is 6.07. The lowest BCUT2D eigenvalue weighted by molar-refractivity contribution is 0.0339. The summed E-state index contributed by atoms with van der Waals surface area (Å²) < 4.78 is 6.82. The van der Waals surface area contributed by atoms with Crippen molar-refractivity contribution in [1.29, 1.82) is 0 Å². The van der Waals surface area contributed by atoms with Crippen LogP contribution in [-0.2, 0) is 11.2 Å². The van der Waals surface area contributed by atoms with E-state index in [0.29, 0.717) is 5.56 Å². The van der Waals surface area contributed by atoms with Crippen LogP contribution in [0.25, 0.3) is 10.9 Å². The van der Waals surface area contributed by atoms with Crippen molar-refractivity contribution in [3.63, 3.8) is 0 Å². The van der Waals surface area contributed by atoms with Crippen LogP contribution in [0.15, 0.2) is 46.9 Å². The number of aromatic amines is 1. The van der Waals surface area contributed by atoms with E-state index in [1.165, 1.54) is 31.5 Å². The average Bonchev–Trinajstić information content (AvgIpc) is 3.33. The smallest absolute Gasteiger partial charge is 0.341 e. The van der Waals surface area contributed by atoms with Gasteiger partial charge in [-0.05, 0) is 81.6 Å². The standard InChI is InChI=1S/C24H27BrN2O2/c1-16-23(24(28)29-17(2)19-6-8-20(25)9-7-19)21-15-18(5-10-22(21)26-16)11-14-27-12-3-4-13-27/h5-10,15,17,26H,3-4,11-14H2,1-2H3. The van der Waals surface area contributed by atoms with Gasteiger partial charge in [-0.15, -0.1) is 0 Å². The van der Waals surface area contributed by atoms with Crippen LogP contribution < -0.4 is 0 Å². The summed E-state index contributed by atoms with van der Waals surface area (Å²) in [4.78, 5) is 18.9. The van der Waals surface area contributed by atoms with Gasteiger partial charge in [0.2, 0.25) is 0 Å². The van der Waals surface area contributed by atoms with Gasteiger partial charge in [-0.2, -0.15) is 0 Å². The predicted octanol–water partition coefficient (Wildman–Crippen LogP) is 5.80. The maximum absolute atomic E-state index is 13.0. The van der Waals surface area contributed by atoms with Crippen LogP contribution in [0.5, 0.6) is 0 Å². The van der Waals surface area contributed by atoms with Gasteiger partial charge in [-0.25, -0.2) is 4.79 Å². The number of nitrogens with zero attached hydrogens (tertiary/aromatic N) is 1. The summed E-state index contributed by atoms with van der Waals surface area (Å²) in [7, 11) is 0. The van der Waals surface area contributed by atoms with E-state index in [1.54, 1.807) is 0 Å². The number of likely N-dealkylation sites (tertiary alicyclic amines) is 1. The van der Waals surface area contributed by atoms with E-state index in [4.69, 9.17) is 4.74 Å². The quantitative estimate of drug-likeness (QED) is 0.479. The molecule has 4 nitrogen and oxygen atoms in total. The minimum atomic E-state index is -0.307. The second kappa shape index (κ2) is 8.72. The van der Waals surface area contributed by atoms with E-state index in [-0.39, 0.29) is 12.1 Å². The lowest BCUT2D eigenvalue weighted by Gasteiger charge is -2.15. The van der Waals surface area contributed by atoms with Gasteiger partial charge in [0, 0.05) is 27.6 Å². The summed E-state index contributed by atoms with van der Waals surface area (Å²) in [5, 5.41) is 0.953. The number of rotatable bonds is 6. The molecular formula is C24H27BrN2O2. The molecule has 0 radical (unpaired) electrons. The molecule has 3 aromatic rings. The molecule has 1 aromatic heterocycles. The molecule has 0 bridgehead atoms. The van der Waals surface area contributed by atoms with E-state index in [1.807, 2.05) is 38.1 Å². The van der Waals surface area contributed by atoms with E-state index >= 15 is 0 Å². The average molecular weight is 455 g/mol. The highest BCUT2D eigenvalue weighted by Gasteiger charge is 2.21. The summed E-state index contributed by atoms with van der Waals surface area (Å²) in [5.41, 5.74) is 4.72. The largest absolute Gasteiger partial charge is 0.454 e. The Bertz CT molecular complexity index is 1000. The summed E-state index contributed by atoms with van der Waals surface area (Å²) in [5.74, 6) is -0.277. The zero-order valence-corrected chi connectivity index (χ0v) is 18.6. The molecule has 2 aromatic carbocycles. The highest BCUT2D eigenvalue weighted by atomic mass is 79.9. The van der Waals surface area contributed by atoms with Crippen molar-refractivity contribution in [2.75, 3.05) is 19.6 Å². The Labute approximate surface area is 180 Å². The fourth-order valence-corrected chi connectivity index (χ4v) is 4.37. The number of hydrogen-bond donors (Lipinski definition) is 1. The van der Waals surface area contributed by atoms with Gasteiger partial charge in [0.15, 0.2) is 0 Å². The third-order valence-corrected chi connectivity index (χ3v) is 6.32. The molecule has 0 amide bonds. The van der Waals surface area contributed by atoms with Crippen LogP contribution >= 0.6 is 15.9 Å². The minimum Gasteiger partial charge on any atom is -0.454 e. The lowest BCUT2D eigenvalue weighted by atomic mass is 10.1. The second-order valence-corrected chi connectivity index (χ2v) is 8.82. The normalized spacial score (nSPS) is 15.7. The molecule has 1 N–H and O–H groups in total. The zero-order valence-electron chi connectivity index (χ0n) is 17.0. The SMILES string of the molecule is Cc1[nH]c2ccc(CCN3CCCC3)cc2c1C(=O)OC(C)c1ccc(Br)cc1. The molecule has 29 heavy (non-hydrogen) atoms. The number of benzene rings is 2. The molecule has 152 valence electrons. The molecule has 1 aliphatic rings. The van der Waals surface area contributed by atoms with E-state index in [2.05, 4.69) is 44.0 Å². The van der Waals surface area contributed by atoms with Gasteiger partial charge in [0.1, 0.15) is 6.10 Å². The first-order valence-electron chi connectivity index (χ1n) is 10.3. The topological polar surface area (TPSA) is 45.3 Å². The van der Waals surface area contributed by atoms with Crippen molar-refractivity contribution in [1.82, 2.24) is 9.88 Å². The number of fused-ring (bicyclic) bond motifs is 1. The van der Waals surface area contributed by atoms with Crippen LogP contribution in [0.2, 0.25) is 0 Å². The van der Waals surface area contributed by atoms with Gasteiger partial charge >= 0.3 is 5.97 Å². The van der Waals surface area contributed by atoms with Crippen molar-refractivity contribution in [3.05, 3.63) is 69.3 Å². The van der Waals surface area contributed by atoms with Crippen molar-refractivity contribution < 1.29 is 9.53 Å². The van der Waals surface area contributed by atoms with E-state index in [0.717, 1.165) is 39.6 Å². The summed E-state index contributed by atoms with van der Waals surface area (Å²) in [6.45, 7) is 7.33. The maximum atomic E-state index is 13.0. The summed E-state index contributed by atoms with van der Waals surface area (Å²) >= 11 is 3.44. The molecule has 0 aliphatic carbocycles. The van der Waals surface area contributed by atoms with Gasteiger partial charge in [-0.3, -0.25) is 0 Å². The summed E-state index contributed by atoms with van der Waals surface area (Å²) in [6, 6.07) is 14.3. The molecule has 1 fully saturated rings. The maximum Gasteiger partial charge on any atom is 0.341 e. The Morgan fingerprint density at radius 1 is 1.17 bits per heavy atom. The molecular weight excluding hydrogens is 428 g/mol. The number of ether oxygens (including phenoxy) is 1.